The quantitative estimate of drug-likeness (QED) is 0.573. The van der Waals surface area contributed by atoms with E-state index in [0.717, 1.165) is 17.5 Å². The van der Waals surface area contributed by atoms with Crippen molar-refractivity contribution in [2.45, 2.75) is 25.5 Å². The fourth-order valence-electron chi connectivity index (χ4n) is 2.53. The minimum absolute atomic E-state index is 0.245. The monoisotopic (exact) mass is 339 g/mol. The summed E-state index contributed by atoms with van der Waals surface area (Å²) >= 11 is 0. The highest BCUT2D eigenvalue weighted by Gasteiger charge is 2.09. The van der Waals surface area contributed by atoms with E-state index in [2.05, 4.69) is 17.0 Å². The summed E-state index contributed by atoms with van der Waals surface area (Å²) in [4.78, 5) is 11.1. The molecule has 2 aromatic carbocycles. The SMILES string of the molecule is COC(=O)C=Cc1ccc(CC(C)NCC(O)c2ccccc2)cc1. The Morgan fingerprint density at radius 1 is 1.16 bits per heavy atom. The van der Waals surface area contributed by atoms with Gasteiger partial charge in [0.15, 0.2) is 0 Å². The predicted molar refractivity (Wildman–Crippen MR) is 100 cm³/mol. The molecule has 2 atom stereocenters. The van der Waals surface area contributed by atoms with Crippen molar-refractivity contribution >= 4 is 12.0 Å². The van der Waals surface area contributed by atoms with E-state index in [1.165, 1.54) is 18.7 Å². The first-order valence-corrected chi connectivity index (χ1v) is 8.40. The van der Waals surface area contributed by atoms with E-state index in [-0.39, 0.29) is 12.0 Å². The molecule has 4 heteroatoms. The van der Waals surface area contributed by atoms with Crippen LogP contribution in [0, 0.1) is 0 Å². The normalized spacial score (nSPS) is 13.6. The van der Waals surface area contributed by atoms with Gasteiger partial charge in [-0.25, -0.2) is 4.79 Å². The summed E-state index contributed by atoms with van der Waals surface area (Å²) in [5.41, 5.74) is 3.07. The number of hydrogen-bond donors (Lipinski definition) is 2. The van der Waals surface area contributed by atoms with E-state index in [1.807, 2.05) is 54.6 Å². The van der Waals surface area contributed by atoms with Gasteiger partial charge in [0.1, 0.15) is 0 Å². The van der Waals surface area contributed by atoms with Crippen molar-refractivity contribution < 1.29 is 14.6 Å². The van der Waals surface area contributed by atoms with Crippen LogP contribution in [0.15, 0.2) is 60.7 Å². The zero-order valence-corrected chi connectivity index (χ0v) is 14.7. The van der Waals surface area contributed by atoms with Gasteiger partial charge in [-0.3, -0.25) is 0 Å². The number of carbonyl (C=O) groups is 1. The number of methoxy groups -OCH3 is 1. The molecule has 0 saturated carbocycles. The Labute approximate surface area is 149 Å². The van der Waals surface area contributed by atoms with Crippen LogP contribution in [0.4, 0.5) is 0 Å². The first-order chi connectivity index (χ1) is 12.1. The van der Waals surface area contributed by atoms with Gasteiger partial charge in [0, 0.05) is 18.7 Å². The highest BCUT2D eigenvalue weighted by atomic mass is 16.5. The second kappa shape index (κ2) is 9.77. The Balaban J connectivity index is 1.81. The van der Waals surface area contributed by atoms with Crippen molar-refractivity contribution in [2.75, 3.05) is 13.7 Å². The van der Waals surface area contributed by atoms with Crippen LogP contribution in [-0.4, -0.2) is 30.8 Å². The topological polar surface area (TPSA) is 58.6 Å². The molecule has 2 unspecified atom stereocenters. The molecule has 25 heavy (non-hydrogen) atoms. The summed E-state index contributed by atoms with van der Waals surface area (Å²) in [6.07, 6.45) is 3.50. The van der Waals surface area contributed by atoms with Crippen LogP contribution in [0.5, 0.6) is 0 Å². The largest absolute Gasteiger partial charge is 0.466 e. The number of rotatable bonds is 8. The van der Waals surface area contributed by atoms with Gasteiger partial charge >= 0.3 is 5.97 Å². The van der Waals surface area contributed by atoms with Gasteiger partial charge < -0.3 is 15.2 Å². The summed E-state index contributed by atoms with van der Waals surface area (Å²) in [7, 11) is 1.36. The molecule has 2 rings (SSSR count). The number of aliphatic hydroxyl groups is 1. The van der Waals surface area contributed by atoms with Crippen LogP contribution >= 0.6 is 0 Å². The molecule has 2 N–H and O–H groups in total. The van der Waals surface area contributed by atoms with Crippen molar-refractivity contribution in [1.82, 2.24) is 5.32 Å². The summed E-state index contributed by atoms with van der Waals surface area (Å²) < 4.78 is 4.57. The molecule has 0 aromatic heterocycles. The molecular weight excluding hydrogens is 314 g/mol. The van der Waals surface area contributed by atoms with Gasteiger partial charge in [-0.15, -0.1) is 0 Å². The van der Waals surface area contributed by atoms with E-state index >= 15 is 0 Å². The van der Waals surface area contributed by atoms with Crippen LogP contribution < -0.4 is 5.32 Å². The zero-order chi connectivity index (χ0) is 18.1. The third-order valence-corrected chi connectivity index (χ3v) is 3.98. The van der Waals surface area contributed by atoms with Crippen molar-refractivity contribution in [3.8, 4) is 0 Å². The number of aliphatic hydroxyl groups excluding tert-OH is 1. The maximum Gasteiger partial charge on any atom is 0.330 e. The molecule has 0 aliphatic carbocycles. The lowest BCUT2D eigenvalue weighted by molar-refractivity contribution is -0.134. The van der Waals surface area contributed by atoms with Crippen molar-refractivity contribution in [2.24, 2.45) is 0 Å². The number of hydrogen-bond acceptors (Lipinski definition) is 4. The number of ether oxygens (including phenoxy) is 1. The average Bonchev–Trinajstić information content (AvgIpc) is 2.66. The molecule has 0 radical (unpaired) electrons. The number of carbonyl (C=O) groups excluding carboxylic acids is 1. The number of esters is 1. The van der Waals surface area contributed by atoms with Gasteiger partial charge in [-0.1, -0.05) is 54.6 Å². The van der Waals surface area contributed by atoms with Gasteiger partial charge in [-0.05, 0) is 36.1 Å². The smallest absolute Gasteiger partial charge is 0.330 e. The minimum atomic E-state index is -0.505. The van der Waals surface area contributed by atoms with Gasteiger partial charge in [0.05, 0.1) is 13.2 Å². The molecule has 0 fully saturated rings. The van der Waals surface area contributed by atoms with Crippen LogP contribution in [-0.2, 0) is 16.0 Å². The van der Waals surface area contributed by atoms with Crippen molar-refractivity contribution in [3.63, 3.8) is 0 Å². The maximum atomic E-state index is 11.1. The fourth-order valence-corrected chi connectivity index (χ4v) is 2.53. The Bertz CT molecular complexity index is 680. The minimum Gasteiger partial charge on any atom is -0.466 e. The third-order valence-electron chi connectivity index (χ3n) is 3.98. The zero-order valence-electron chi connectivity index (χ0n) is 14.7. The molecule has 0 heterocycles. The molecule has 0 spiro atoms. The van der Waals surface area contributed by atoms with E-state index in [1.54, 1.807) is 6.08 Å². The first kappa shape index (κ1) is 18.9. The molecule has 0 bridgehead atoms. The molecule has 0 amide bonds. The lowest BCUT2D eigenvalue weighted by Gasteiger charge is -2.17. The second-order valence-corrected chi connectivity index (χ2v) is 6.04. The maximum absolute atomic E-state index is 11.1. The summed E-state index contributed by atoms with van der Waals surface area (Å²) in [5, 5.41) is 13.6. The first-order valence-electron chi connectivity index (χ1n) is 8.40. The van der Waals surface area contributed by atoms with Crippen molar-refractivity contribution in [3.05, 3.63) is 77.4 Å². The van der Waals surface area contributed by atoms with Crippen molar-refractivity contribution in [1.29, 1.82) is 0 Å². The third kappa shape index (κ3) is 6.53. The fraction of sp³-hybridized carbons (Fsp3) is 0.286. The Morgan fingerprint density at radius 2 is 1.84 bits per heavy atom. The lowest BCUT2D eigenvalue weighted by Crippen LogP contribution is -2.32. The number of benzene rings is 2. The average molecular weight is 339 g/mol. The molecule has 0 aliphatic heterocycles. The van der Waals surface area contributed by atoms with Crippen LogP contribution in [0.1, 0.15) is 29.7 Å². The molecule has 132 valence electrons. The molecular formula is C21H25NO3. The lowest BCUT2D eigenvalue weighted by atomic mass is 10.0. The van der Waals surface area contributed by atoms with Gasteiger partial charge in [0.25, 0.3) is 0 Å². The standard InChI is InChI=1S/C21H25NO3/c1-16(22-15-20(23)19-6-4-3-5-7-19)14-18-10-8-17(9-11-18)12-13-21(24)25-2/h3-13,16,20,22-23H,14-15H2,1-2H3. The van der Waals surface area contributed by atoms with Gasteiger partial charge in [-0.2, -0.15) is 0 Å². The molecule has 4 nitrogen and oxygen atoms in total. The van der Waals surface area contributed by atoms with E-state index in [0.29, 0.717) is 6.54 Å². The van der Waals surface area contributed by atoms with E-state index in [9.17, 15) is 9.90 Å². The summed E-state index contributed by atoms with van der Waals surface area (Å²) in [6, 6.07) is 17.9. The molecule has 2 aromatic rings. The highest BCUT2D eigenvalue weighted by Crippen LogP contribution is 2.12. The molecule has 0 aliphatic rings. The number of nitrogens with one attached hydrogen (secondary N) is 1. The van der Waals surface area contributed by atoms with Crippen LogP contribution in [0.2, 0.25) is 0 Å². The van der Waals surface area contributed by atoms with E-state index < -0.39 is 6.10 Å². The van der Waals surface area contributed by atoms with Crippen LogP contribution in [0.3, 0.4) is 0 Å². The summed E-state index contributed by atoms with van der Waals surface area (Å²) in [5.74, 6) is -0.362. The highest BCUT2D eigenvalue weighted by molar-refractivity contribution is 5.86. The Hall–Kier alpha value is -2.43. The second-order valence-electron chi connectivity index (χ2n) is 6.04. The van der Waals surface area contributed by atoms with Crippen LogP contribution in [0.25, 0.3) is 6.08 Å². The van der Waals surface area contributed by atoms with Gasteiger partial charge in [0.2, 0.25) is 0 Å². The summed E-state index contributed by atoms with van der Waals surface area (Å²) in [6.45, 7) is 2.62. The van der Waals surface area contributed by atoms with E-state index in [4.69, 9.17) is 0 Å². The Kier molecular flexibility index (Phi) is 7.38. The Morgan fingerprint density at radius 3 is 2.48 bits per heavy atom. The predicted octanol–water partition coefficient (Wildman–Crippen LogP) is 3.13. The molecule has 0 saturated heterocycles.